The molecule has 0 spiro atoms. The van der Waals surface area contributed by atoms with Gasteiger partial charge < -0.3 is 10.5 Å². The lowest BCUT2D eigenvalue weighted by atomic mass is 10.2. The average molecular weight is 310 g/mol. The first-order valence-corrected chi connectivity index (χ1v) is 7.11. The summed E-state index contributed by atoms with van der Waals surface area (Å²) in [6, 6.07) is 7.21. The van der Waals surface area contributed by atoms with Gasteiger partial charge in [0.05, 0.1) is 13.2 Å². The number of fused-ring (bicyclic) bond motifs is 2. The lowest BCUT2D eigenvalue weighted by Crippen LogP contribution is -2.42. The van der Waals surface area contributed by atoms with Crippen LogP contribution in [-0.2, 0) is 11.3 Å². The van der Waals surface area contributed by atoms with E-state index in [1.165, 1.54) is 10.5 Å². The maximum absolute atomic E-state index is 12.8. The van der Waals surface area contributed by atoms with Crippen molar-refractivity contribution in [3.63, 3.8) is 0 Å². The van der Waals surface area contributed by atoms with Gasteiger partial charge >= 0.3 is 0 Å². The van der Waals surface area contributed by atoms with Crippen molar-refractivity contribution in [1.82, 2.24) is 9.38 Å². The molecule has 3 rings (SSSR count). The summed E-state index contributed by atoms with van der Waals surface area (Å²) in [5.74, 6) is 0.280. The lowest BCUT2D eigenvalue weighted by molar-refractivity contribution is -0.660. The summed E-state index contributed by atoms with van der Waals surface area (Å²) < 4.78 is 8.23. The van der Waals surface area contributed by atoms with Gasteiger partial charge in [0, 0.05) is 18.9 Å². The molecule has 0 amide bonds. The average Bonchev–Trinajstić information content (AvgIpc) is 2.55. The maximum Gasteiger partial charge on any atom is 0.278 e. The van der Waals surface area contributed by atoms with Gasteiger partial charge in [-0.25, -0.2) is 4.57 Å². The normalized spacial score (nSPS) is 11.0. The van der Waals surface area contributed by atoms with Crippen molar-refractivity contribution in [1.29, 1.82) is 5.26 Å². The molecule has 7 nitrogen and oxygen atoms in total. The molecule has 7 heteroatoms. The Morgan fingerprint density at radius 2 is 2.30 bits per heavy atom. The first-order chi connectivity index (χ1) is 11.1. The number of pyridine rings is 2. The van der Waals surface area contributed by atoms with Gasteiger partial charge in [-0.15, -0.1) is 0 Å². The van der Waals surface area contributed by atoms with Crippen LogP contribution in [0.4, 0.5) is 5.82 Å². The molecule has 0 aromatic carbocycles. The van der Waals surface area contributed by atoms with Gasteiger partial charge in [0.25, 0.3) is 11.2 Å². The molecule has 3 aromatic rings. The fourth-order valence-corrected chi connectivity index (χ4v) is 2.61. The summed E-state index contributed by atoms with van der Waals surface area (Å²) in [4.78, 5) is 17.4. The van der Waals surface area contributed by atoms with Crippen LogP contribution in [0.25, 0.3) is 16.7 Å². The van der Waals surface area contributed by atoms with Crippen molar-refractivity contribution in [3.8, 4) is 6.07 Å². The number of methoxy groups -OCH3 is 1. The standard InChI is InChI=1S/C16H15N5O2/c1-10-4-3-5-21-14(10)19-15-12(16(21)22)8-11(9-17)13(18)20(15)6-7-23-2/h3-5,8,18H,6-7H2,1-2H3/p+1. The maximum atomic E-state index is 12.8. The van der Waals surface area contributed by atoms with E-state index in [2.05, 4.69) is 4.98 Å². The minimum Gasteiger partial charge on any atom is -0.381 e. The van der Waals surface area contributed by atoms with E-state index in [9.17, 15) is 10.1 Å². The van der Waals surface area contributed by atoms with Gasteiger partial charge in [-0.3, -0.25) is 9.20 Å². The molecule has 0 unspecified atom stereocenters. The van der Waals surface area contributed by atoms with Gasteiger partial charge in [0.1, 0.15) is 17.0 Å². The molecule has 0 saturated carbocycles. The van der Waals surface area contributed by atoms with E-state index in [-0.39, 0.29) is 16.9 Å². The molecule has 0 aliphatic rings. The second-order valence-electron chi connectivity index (χ2n) is 5.24. The highest BCUT2D eigenvalue weighted by atomic mass is 16.5. The van der Waals surface area contributed by atoms with Crippen molar-refractivity contribution in [2.45, 2.75) is 13.5 Å². The number of nitriles is 1. The van der Waals surface area contributed by atoms with Crippen molar-refractivity contribution >= 4 is 22.5 Å². The smallest absolute Gasteiger partial charge is 0.278 e. The summed E-state index contributed by atoms with van der Waals surface area (Å²) in [6.07, 6.45) is 1.67. The number of nitrogen functional groups attached to an aromatic ring is 1. The summed E-state index contributed by atoms with van der Waals surface area (Å²) in [7, 11) is 1.58. The number of nitrogens with zero attached hydrogens (tertiary/aromatic N) is 4. The second-order valence-corrected chi connectivity index (χ2v) is 5.24. The summed E-state index contributed by atoms with van der Waals surface area (Å²) >= 11 is 0. The van der Waals surface area contributed by atoms with E-state index in [0.717, 1.165) is 5.56 Å². The molecule has 0 aliphatic carbocycles. The molecule has 23 heavy (non-hydrogen) atoms. The Morgan fingerprint density at radius 3 is 3.00 bits per heavy atom. The molecular weight excluding hydrogens is 294 g/mol. The van der Waals surface area contributed by atoms with Crippen LogP contribution < -0.4 is 15.9 Å². The third-order valence-electron chi connectivity index (χ3n) is 3.81. The van der Waals surface area contributed by atoms with Crippen LogP contribution in [0.1, 0.15) is 11.1 Å². The Morgan fingerprint density at radius 1 is 1.52 bits per heavy atom. The minimum absolute atomic E-state index is 0.226. The van der Waals surface area contributed by atoms with Gasteiger partial charge in [-0.1, -0.05) is 11.1 Å². The SMILES string of the molecule is COCC[n+]1c(N)c(C#N)cc2c(=O)n3cccc(C)c3nc21. The molecule has 3 aromatic heterocycles. The predicted molar refractivity (Wildman–Crippen MR) is 84.9 cm³/mol. The molecule has 0 fully saturated rings. The van der Waals surface area contributed by atoms with Crippen LogP contribution in [0.15, 0.2) is 29.2 Å². The fraction of sp³-hybridized carbons (Fsp3) is 0.250. The number of nitrogens with two attached hydrogens (primary N) is 1. The number of aromatic nitrogens is 3. The Bertz CT molecular complexity index is 1020. The van der Waals surface area contributed by atoms with Gasteiger partial charge in [-0.2, -0.15) is 5.26 Å². The van der Waals surface area contributed by atoms with E-state index in [1.807, 2.05) is 19.1 Å². The van der Waals surface area contributed by atoms with E-state index < -0.39 is 0 Å². The molecule has 0 aliphatic heterocycles. The quantitative estimate of drug-likeness (QED) is 0.562. The topological polar surface area (TPSA) is 97.3 Å². The largest absolute Gasteiger partial charge is 0.381 e. The number of hydrogen-bond acceptors (Lipinski definition) is 5. The summed E-state index contributed by atoms with van der Waals surface area (Å²) in [5, 5.41) is 9.63. The second kappa shape index (κ2) is 5.66. The Labute approximate surface area is 132 Å². The zero-order chi connectivity index (χ0) is 16.6. The van der Waals surface area contributed by atoms with Crippen molar-refractivity contribution < 1.29 is 9.30 Å². The van der Waals surface area contributed by atoms with E-state index in [0.29, 0.717) is 29.8 Å². The van der Waals surface area contributed by atoms with Crippen molar-refractivity contribution in [2.24, 2.45) is 0 Å². The van der Waals surface area contributed by atoms with Crippen molar-refractivity contribution in [3.05, 3.63) is 45.9 Å². The third kappa shape index (κ3) is 2.29. The van der Waals surface area contributed by atoms with Gasteiger partial charge in [0.15, 0.2) is 0 Å². The molecule has 0 bridgehead atoms. The highest BCUT2D eigenvalue weighted by Gasteiger charge is 2.21. The minimum atomic E-state index is -0.226. The summed E-state index contributed by atoms with van der Waals surface area (Å²) in [6.45, 7) is 2.69. The first kappa shape index (κ1) is 14.9. The molecule has 0 radical (unpaired) electrons. The highest BCUT2D eigenvalue weighted by molar-refractivity contribution is 5.77. The van der Waals surface area contributed by atoms with Crippen LogP contribution in [0.3, 0.4) is 0 Å². The monoisotopic (exact) mass is 310 g/mol. The van der Waals surface area contributed by atoms with E-state index >= 15 is 0 Å². The molecule has 116 valence electrons. The van der Waals surface area contributed by atoms with Crippen LogP contribution >= 0.6 is 0 Å². The number of anilines is 1. The number of ether oxygens (including phenoxy) is 1. The van der Waals surface area contributed by atoms with Crippen LogP contribution in [-0.4, -0.2) is 23.1 Å². The zero-order valence-electron chi connectivity index (χ0n) is 12.9. The molecule has 2 N–H and O–H groups in total. The molecule has 0 atom stereocenters. The molecular formula is C16H16N5O2+. The third-order valence-corrected chi connectivity index (χ3v) is 3.81. The van der Waals surface area contributed by atoms with E-state index in [4.69, 9.17) is 10.5 Å². The lowest BCUT2D eigenvalue weighted by Gasteiger charge is -2.09. The molecule has 0 saturated heterocycles. The Balaban J connectivity index is 2.50. The van der Waals surface area contributed by atoms with Crippen LogP contribution in [0, 0.1) is 18.3 Å². The van der Waals surface area contributed by atoms with Crippen LogP contribution in [0.5, 0.6) is 0 Å². The number of aryl methyl sites for hydroxylation is 1. The van der Waals surface area contributed by atoms with Gasteiger partial charge in [0.2, 0.25) is 11.5 Å². The Kier molecular flexibility index (Phi) is 3.68. The van der Waals surface area contributed by atoms with Gasteiger partial charge in [-0.05, 0) is 19.1 Å². The van der Waals surface area contributed by atoms with Crippen LogP contribution in [0.2, 0.25) is 0 Å². The fourth-order valence-electron chi connectivity index (χ4n) is 2.61. The first-order valence-electron chi connectivity index (χ1n) is 7.11. The predicted octanol–water partition coefficient (Wildman–Crippen LogP) is 0.544. The van der Waals surface area contributed by atoms with Crippen molar-refractivity contribution in [2.75, 3.05) is 19.5 Å². The Hall–Kier alpha value is -2.98. The highest BCUT2D eigenvalue weighted by Crippen LogP contribution is 2.14. The number of rotatable bonds is 3. The number of hydrogen-bond donors (Lipinski definition) is 1. The molecule has 3 heterocycles. The zero-order valence-corrected chi connectivity index (χ0v) is 12.9. The van der Waals surface area contributed by atoms with E-state index in [1.54, 1.807) is 23.9 Å². The summed E-state index contributed by atoms with van der Waals surface area (Å²) in [5.41, 5.74) is 8.00.